The van der Waals surface area contributed by atoms with Crippen molar-refractivity contribution in [3.05, 3.63) is 134 Å². The van der Waals surface area contributed by atoms with E-state index in [-0.39, 0.29) is 31.1 Å². The molecule has 0 spiro atoms. The lowest BCUT2D eigenvalue weighted by Crippen LogP contribution is -2.30. The van der Waals surface area contributed by atoms with Crippen LogP contribution in [0.4, 0.5) is 0 Å². The third kappa shape index (κ3) is 52.4. The van der Waals surface area contributed by atoms with Crippen molar-refractivity contribution in [3.63, 3.8) is 0 Å². The van der Waals surface area contributed by atoms with Gasteiger partial charge in [-0.2, -0.15) is 0 Å². The van der Waals surface area contributed by atoms with Crippen LogP contribution in [0.1, 0.15) is 213 Å². The Morgan fingerprint density at radius 1 is 0.299 bits per heavy atom. The number of esters is 3. The molecule has 0 aliphatic carbocycles. The maximum absolute atomic E-state index is 12.8. The minimum atomic E-state index is -0.813. The normalized spacial score (nSPS) is 13.2. The van der Waals surface area contributed by atoms with Gasteiger partial charge in [-0.15, -0.1) is 0 Å². The molecule has 0 aromatic rings. The van der Waals surface area contributed by atoms with Crippen LogP contribution in [0.5, 0.6) is 0 Å². The zero-order chi connectivity index (χ0) is 48.6. The van der Waals surface area contributed by atoms with Gasteiger partial charge in [-0.05, 0) is 128 Å². The zero-order valence-corrected chi connectivity index (χ0v) is 42.9. The molecule has 0 radical (unpaired) electrons. The first-order valence-corrected chi connectivity index (χ1v) is 26.7. The zero-order valence-electron chi connectivity index (χ0n) is 42.9. The van der Waals surface area contributed by atoms with E-state index in [1.54, 1.807) is 0 Å². The molecule has 376 valence electrons. The maximum Gasteiger partial charge on any atom is 0.306 e. The number of ether oxygens (including phenoxy) is 3. The molecule has 0 saturated carbocycles. The highest BCUT2D eigenvalue weighted by atomic mass is 16.6. The van der Waals surface area contributed by atoms with E-state index in [9.17, 15) is 14.4 Å². The summed E-state index contributed by atoms with van der Waals surface area (Å²) in [6.07, 6.45) is 75.8. The third-order valence-corrected chi connectivity index (χ3v) is 10.6. The third-order valence-electron chi connectivity index (χ3n) is 10.6. The highest BCUT2D eigenvalue weighted by Crippen LogP contribution is 2.13. The summed E-state index contributed by atoms with van der Waals surface area (Å²) in [7, 11) is 0. The Morgan fingerprint density at radius 3 is 0.851 bits per heavy atom. The number of carbonyl (C=O) groups excluding carboxylic acids is 3. The molecule has 0 N–H and O–H groups in total. The first-order chi connectivity index (χ1) is 33.0. The van der Waals surface area contributed by atoms with Gasteiger partial charge in [-0.25, -0.2) is 0 Å². The van der Waals surface area contributed by atoms with Gasteiger partial charge in [0.1, 0.15) is 13.2 Å². The van der Waals surface area contributed by atoms with Crippen molar-refractivity contribution in [3.8, 4) is 0 Å². The van der Waals surface area contributed by atoms with E-state index in [1.165, 1.54) is 12.8 Å². The molecule has 0 fully saturated rings. The van der Waals surface area contributed by atoms with Gasteiger partial charge in [-0.3, -0.25) is 14.4 Å². The van der Waals surface area contributed by atoms with Crippen molar-refractivity contribution in [1.82, 2.24) is 0 Å². The van der Waals surface area contributed by atoms with Crippen molar-refractivity contribution in [2.24, 2.45) is 0 Å². The van der Waals surface area contributed by atoms with Gasteiger partial charge in [0.25, 0.3) is 0 Å². The monoisotopic (exact) mass is 925 g/mol. The molecular weight excluding hydrogens is 829 g/mol. The average Bonchev–Trinajstić information content (AvgIpc) is 3.33. The Balaban J connectivity index is 4.52. The molecule has 0 amide bonds. The summed E-state index contributed by atoms with van der Waals surface area (Å²) in [4.78, 5) is 38.1. The Bertz CT molecular complexity index is 1480. The molecule has 6 heteroatoms. The summed E-state index contributed by atoms with van der Waals surface area (Å²) >= 11 is 0. The van der Waals surface area contributed by atoms with Gasteiger partial charge in [0.2, 0.25) is 0 Å². The van der Waals surface area contributed by atoms with Gasteiger partial charge in [0.05, 0.1) is 0 Å². The number of allylic oxidation sites excluding steroid dienone is 22. The number of rotatable bonds is 46. The predicted molar refractivity (Wildman–Crippen MR) is 288 cm³/mol. The molecule has 0 aliphatic rings. The van der Waals surface area contributed by atoms with E-state index >= 15 is 0 Å². The van der Waals surface area contributed by atoms with Crippen LogP contribution in [-0.4, -0.2) is 37.2 Å². The molecule has 1 unspecified atom stereocenters. The second-order valence-corrected chi connectivity index (χ2v) is 17.0. The van der Waals surface area contributed by atoms with Crippen LogP contribution in [0.25, 0.3) is 0 Å². The summed E-state index contributed by atoms with van der Waals surface area (Å²) in [5.41, 5.74) is 0. The van der Waals surface area contributed by atoms with Gasteiger partial charge in [0.15, 0.2) is 6.10 Å². The van der Waals surface area contributed by atoms with E-state index in [4.69, 9.17) is 14.2 Å². The second-order valence-electron chi connectivity index (χ2n) is 17.0. The van der Waals surface area contributed by atoms with E-state index in [2.05, 4.69) is 154 Å². The fourth-order valence-corrected chi connectivity index (χ4v) is 6.73. The quantitative estimate of drug-likeness (QED) is 0.0262. The average molecular weight is 925 g/mol. The van der Waals surface area contributed by atoms with Gasteiger partial charge in [0, 0.05) is 19.3 Å². The molecule has 0 aromatic heterocycles. The molecule has 0 aromatic carbocycles. The lowest BCUT2D eigenvalue weighted by molar-refractivity contribution is -0.167. The SMILES string of the molecule is CC/C=C\C/C=C\C/C=C\C/C=C\C/C=C\CCCCCC(=O)OCC(COC(=O)CCCCCC/C=C\C/C=C\C/C=C\CC)OC(=O)CCCCCCCC/C=C\C/C=C\C/C=C\CC. The lowest BCUT2D eigenvalue weighted by Gasteiger charge is -2.18. The smallest absolute Gasteiger partial charge is 0.306 e. The maximum atomic E-state index is 12.8. The van der Waals surface area contributed by atoms with Crippen LogP contribution in [0, 0.1) is 0 Å². The van der Waals surface area contributed by atoms with E-state index < -0.39 is 6.10 Å². The first kappa shape index (κ1) is 62.5. The molecule has 0 bridgehead atoms. The minimum absolute atomic E-state index is 0.111. The molecule has 67 heavy (non-hydrogen) atoms. The molecule has 0 aliphatic heterocycles. The van der Waals surface area contributed by atoms with Crippen molar-refractivity contribution in [1.29, 1.82) is 0 Å². The summed E-state index contributed by atoms with van der Waals surface area (Å²) in [5, 5.41) is 0. The Kier molecular flexibility index (Phi) is 50.6. The number of unbranched alkanes of at least 4 members (excludes halogenated alkanes) is 13. The topological polar surface area (TPSA) is 78.9 Å². The van der Waals surface area contributed by atoms with Gasteiger partial charge >= 0.3 is 17.9 Å². The van der Waals surface area contributed by atoms with Crippen LogP contribution in [-0.2, 0) is 28.6 Å². The minimum Gasteiger partial charge on any atom is -0.462 e. The van der Waals surface area contributed by atoms with Crippen LogP contribution in [0.2, 0.25) is 0 Å². The fraction of sp³-hybridized carbons (Fsp3) is 0.590. The van der Waals surface area contributed by atoms with Gasteiger partial charge < -0.3 is 14.2 Å². The first-order valence-electron chi connectivity index (χ1n) is 26.7. The molecule has 1 atom stereocenters. The summed E-state index contributed by atoms with van der Waals surface area (Å²) in [6.45, 7) is 6.22. The number of hydrogen-bond donors (Lipinski definition) is 0. The molecule has 0 heterocycles. The second kappa shape index (κ2) is 54.2. The van der Waals surface area contributed by atoms with E-state index in [0.29, 0.717) is 19.3 Å². The summed E-state index contributed by atoms with van der Waals surface area (Å²) in [6, 6.07) is 0. The highest BCUT2D eigenvalue weighted by molar-refractivity contribution is 5.71. The van der Waals surface area contributed by atoms with Crippen molar-refractivity contribution in [2.45, 2.75) is 219 Å². The molecule has 0 rings (SSSR count). The predicted octanol–water partition coefficient (Wildman–Crippen LogP) is 17.9. The van der Waals surface area contributed by atoms with Crippen molar-refractivity contribution < 1.29 is 28.6 Å². The van der Waals surface area contributed by atoms with E-state index in [0.717, 1.165) is 161 Å². The summed E-state index contributed by atoms with van der Waals surface area (Å²) in [5.74, 6) is -0.985. The molecule has 6 nitrogen and oxygen atoms in total. The Hall–Kier alpha value is -4.45. The standard InChI is InChI=1S/C61H96O6/c1-4-7-10-13-16-19-22-25-28-30-31-32-34-36-39-42-45-48-51-54-60(63)66-57-58(56-65-59(62)53-50-47-44-41-38-35-27-24-21-18-15-12-9-6-3)67-61(64)55-52-49-46-43-40-37-33-29-26-23-20-17-14-11-8-5-2/h7-12,16-21,25-29,31-32,35-36,39,58H,4-6,13-15,22-24,30,33-34,37-38,40-57H2,1-3H3/b10-7-,11-8-,12-9-,19-16-,20-17-,21-18-,28-25-,29-26-,32-31-,35-27-,39-36-. The largest absolute Gasteiger partial charge is 0.462 e. The molecular formula is C61H96O6. The highest BCUT2D eigenvalue weighted by Gasteiger charge is 2.19. The van der Waals surface area contributed by atoms with Gasteiger partial charge in [-0.1, -0.05) is 199 Å². The number of carbonyl (C=O) groups is 3. The van der Waals surface area contributed by atoms with Crippen LogP contribution >= 0.6 is 0 Å². The fourth-order valence-electron chi connectivity index (χ4n) is 6.73. The Morgan fingerprint density at radius 2 is 0.537 bits per heavy atom. The molecule has 0 saturated heterocycles. The van der Waals surface area contributed by atoms with Crippen LogP contribution < -0.4 is 0 Å². The van der Waals surface area contributed by atoms with Crippen molar-refractivity contribution >= 4 is 17.9 Å². The van der Waals surface area contributed by atoms with Crippen LogP contribution in [0.3, 0.4) is 0 Å². The number of hydrogen-bond acceptors (Lipinski definition) is 6. The van der Waals surface area contributed by atoms with Crippen LogP contribution in [0.15, 0.2) is 134 Å². The lowest BCUT2D eigenvalue weighted by atomic mass is 10.1. The summed E-state index contributed by atoms with van der Waals surface area (Å²) < 4.78 is 16.8. The van der Waals surface area contributed by atoms with E-state index in [1.807, 2.05) is 0 Å². The van der Waals surface area contributed by atoms with Crippen molar-refractivity contribution in [2.75, 3.05) is 13.2 Å². The Labute approximate surface area is 411 Å².